The van der Waals surface area contributed by atoms with E-state index in [-0.39, 0.29) is 26.6 Å². The number of sulfone groups is 1. The molecule has 0 spiro atoms. The van der Waals surface area contributed by atoms with Crippen molar-refractivity contribution in [3.8, 4) is 0 Å². The number of rotatable bonds is 7. The van der Waals surface area contributed by atoms with E-state index in [1.807, 2.05) is 0 Å². The Kier molecular flexibility index (Phi) is 5.71. The number of nitrogens with zero attached hydrogens (tertiary/aromatic N) is 1. The van der Waals surface area contributed by atoms with Crippen LogP contribution in [-0.2, 0) is 19.9 Å². The summed E-state index contributed by atoms with van der Waals surface area (Å²) in [5.74, 6) is -1.23. The molecule has 0 aliphatic rings. The lowest BCUT2D eigenvalue weighted by Gasteiger charge is -2.14. The molecule has 0 amide bonds. The minimum atomic E-state index is -4.13. The van der Waals surface area contributed by atoms with Crippen LogP contribution < -0.4 is 4.72 Å². The Morgan fingerprint density at radius 3 is 2.19 bits per heavy atom. The van der Waals surface area contributed by atoms with Crippen molar-refractivity contribution in [3.05, 3.63) is 69.8 Å². The average molecular weight is 410 g/mol. The summed E-state index contributed by atoms with van der Waals surface area (Å²) in [4.78, 5) is 9.55. The lowest BCUT2D eigenvalue weighted by molar-refractivity contribution is -0.458. The van der Waals surface area contributed by atoms with E-state index in [1.54, 1.807) is 18.2 Å². The van der Waals surface area contributed by atoms with Crippen LogP contribution in [0.5, 0.6) is 0 Å². The third-order valence-electron chi connectivity index (χ3n) is 3.73. The summed E-state index contributed by atoms with van der Waals surface area (Å²) in [6.45, 7) is 6.50. The first kappa shape index (κ1) is 20.6. The first-order chi connectivity index (χ1) is 12.5. The molecule has 0 saturated carbocycles. The molecule has 8 nitrogen and oxygen atoms in total. The van der Waals surface area contributed by atoms with Crippen molar-refractivity contribution < 1.29 is 21.8 Å². The predicted octanol–water partition coefficient (Wildman–Crippen LogP) is 2.76. The molecule has 0 aliphatic carbocycles. The highest BCUT2D eigenvalue weighted by atomic mass is 32.2. The number of nitro groups is 1. The maximum absolute atomic E-state index is 12.7. The van der Waals surface area contributed by atoms with Crippen LogP contribution >= 0.6 is 0 Å². The highest BCUT2D eigenvalue weighted by Gasteiger charge is 2.26. The molecule has 10 heteroatoms. The Hall–Kier alpha value is -2.72. The van der Waals surface area contributed by atoms with Gasteiger partial charge < -0.3 is 0 Å². The summed E-state index contributed by atoms with van der Waals surface area (Å²) in [6, 6.07) is 8.94. The maximum atomic E-state index is 12.7. The van der Waals surface area contributed by atoms with Crippen molar-refractivity contribution in [2.24, 2.45) is 0 Å². The second kappa shape index (κ2) is 7.49. The Balaban J connectivity index is 2.48. The van der Waals surface area contributed by atoms with Crippen molar-refractivity contribution in [2.45, 2.75) is 23.6 Å². The number of aryl methyl sites for hydroxylation is 2. The van der Waals surface area contributed by atoms with Gasteiger partial charge in [-0.25, -0.2) is 16.8 Å². The number of hydrogen-bond donors (Lipinski definition) is 1. The molecular weight excluding hydrogens is 392 g/mol. The molecule has 0 radical (unpaired) electrons. The summed E-state index contributed by atoms with van der Waals surface area (Å²) in [7, 11) is -8.07. The van der Waals surface area contributed by atoms with E-state index >= 15 is 0 Å². The summed E-state index contributed by atoms with van der Waals surface area (Å²) < 4.78 is 52.1. The molecule has 0 heterocycles. The summed E-state index contributed by atoms with van der Waals surface area (Å²) >= 11 is 0. The third kappa shape index (κ3) is 4.52. The maximum Gasteiger partial charge on any atom is 0.305 e. The SMILES string of the molecule is C=Cc1ccccc1S(=O)(=O)Nc1cc(C)c(S(=O)(=O)C[N+](=O)[O-])c(C)c1. The second-order valence-electron chi connectivity index (χ2n) is 5.86. The van der Waals surface area contributed by atoms with Gasteiger partial charge >= 0.3 is 5.88 Å². The van der Waals surface area contributed by atoms with Crippen molar-refractivity contribution in [1.29, 1.82) is 0 Å². The second-order valence-corrected chi connectivity index (χ2v) is 9.41. The van der Waals surface area contributed by atoms with Gasteiger partial charge in [-0.1, -0.05) is 30.9 Å². The Morgan fingerprint density at radius 2 is 1.67 bits per heavy atom. The van der Waals surface area contributed by atoms with Crippen LogP contribution in [0.3, 0.4) is 0 Å². The fourth-order valence-electron chi connectivity index (χ4n) is 2.81. The van der Waals surface area contributed by atoms with Crippen LogP contribution in [-0.4, -0.2) is 27.6 Å². The lowest BCUT2D eigenvalue weighted by Crippen LogP contribution is -2.18. The molecule has 0 atom stereocenters. The number of nitrogens with one attached hydrogen (secondary N) is 1. The van der Waals surface area contributed by atoms with Gasteiger partial charge in [0, 0.05) is 10.6 Å². The molecule has 0 bridgehead atoms. The first-order valence-corrected chi connectivity index (χ1v) is 10.8. The van der Waals surface area contributed by atoms with Gasteiger partial charge in [-0.05, 0) is 48.7 Å². The number of hydrogen-bond acceptors (Lipinski definition) is 6. The average Bonchev–Trinajstić information content (AvgIpc) is 2.52. The minimum absolute atomic E-state index is 0.0281. The van der Waals surface area contributed by atoms with Gasteiger partial charge in [-0.2, -0.15) is 0 Å². The Bertz CT molecular complexity index is 1100. The molecule has 2 aromatic rings. The standard InChI is InChI=1S/C17H18N2O6S2/c1-4-14-7-5-6-8-16(14)27(24,25)18-15-9-12(2)17(13(3)10-15)26(22,23)11-19(20)21/h4-10,18H,1,11H2,2-3H3. The topological polar surface area (TPSA) is 123 Å². The van der Waals surface area contributed by atoms with Crippen LogP contribution in [0.2, 0.25) is 0 Å². The summed E-state index contributed by atoms with van der Waals surface area (Å²) in [5.41, 5.74) is 1.01. The molecule has 0 saturated heterocycles. The van der Waals surface area contributed by atoms with E-state index in [4.69, 9.17) is 0 Å². The van der Waals surface area contributed by atoms with Crippen LogP contribution in [0.25, 0.3) is 6.08 Å². The first-order valence-electron chi connectivity index (χ1n) is 7.68. The quantitative estimate of drug-likeness (QED) is 0.553. The fourth-order valence-corrected chi connectivity index (χ4v) is 5.57. The van der Waals surface area contributed by atoms with Crippen LogP contribution in [0, 0.1) is 24.0 Å². The highest BCUT2D eigenvalue weighted by molar-refractivity contribution is 7.92. The van der Waals surface area contributed by atoms with E-state index in [1.165, 1.54) is 38.1 Å². The number of sulfonamides is 1. The molecule has 0 aliphatic heterocycles. The van der Waals surface area contributed by atoms with E-state index < -0.39 is 30.7 Å². The molecule has 144 valence electrons. The summed E-state index contributed by atoms with van der Waals surface area (Å²) in [5, 5.41) is 10.6. The van der Waals surface area contributed by atoms with Crippen molar-refractivity contribution >= 4 is 31.6 Å². The van der Waals surface area contributed by atoms with Crippen molar-refractivity contribution in [1.82, 2.24) is 0 Å². The van der Waals surface area contributed by atoms with Crippen molar-refractivity contribution in [3.63, 3.8) is 0 Å². The number of benzene rings is 2. The Labute approximate surface area is 157 Å². The van der Waals surface area contributed by atoms with Gasteiger partial charge in [0.25, 0.3) is 10.0 Å². The largest absolute Gasteiger partial charge is 0.305 e. The van der Waals surface area contributed by atoms with Gasteiger partial charge in [-0.15, -0.1) is 0 Å². The van der Waals surface area contributed by atoms with Gasteiger partial charge in [0.1, 0.15) is 0 Å². The van der Waals surface area contributed by atoms with Gasteiger partial charge in [0.05, 0.1) is 9.79 Å². The van der Waals surface area contributed by atoms with Crippen LogP contribution in [0.1, 0.15) is 16.7 Å². The molecule has 0 unspecified atom stereocenters. The van der Waals surface area contributed by atoms with Gasteiger partial charge in [0.15, 0.2) is 0 Å². The van der Waals surface area contributed by atoms with Gasteiger partial charge in [-0.3, -0.25) is 14.8 Å². The minimum Gasteiger partial charge on any atom is -0.280 e. The zero-order valence-corrected chi connectivity index (χ0v) is 16.3. The van der Waals surface area contributed by atoms with E-state index in [9.17, 15) is 26.9 Å². The smallest absolute Gasteiger partial charge is 0.280 e. The highest BCUT2D eigenvalue weighted by Crippen LogP contribution is 2.27. The van der Waals surface area contributed by atoms with E-state index in [2.05, 4.69) is 11.3 Å². The van der Waals surface area contributed by atoms with E-state index in [0.29, 0.717) is 5.56 Å². The zero-order valence-electron chi connectivity index (χ0n) is 14.7. The third-order valence-corrected chi connectivity index (χ3v) is 7.00. The number of anilines is 1. The molecule has 1 N–H and O–H groups in total. The summed E-state index contributed by atoms with van der Waals surface area (Å²) in [6.07, 6.45) is 1.42. The molecule has 2 aromatic carbocycles. The lowest BCUT2D eigenvalue weighted by atomic mass is 10.1. The zero-order chi connectivity index (χ0) is 20.4. The van der Waals surface area contributed by atoms with Crippen LogP contribution in [0.4, 0.5) is 5.69 Å². The monoisotopic (exact) mass is 410 g/mol. The Morgan fingerprint density at radius 1 is 1.11 bits per heavy atom. The predicted molar refractivity (Wildman–Crippen MR) is 102 cm³/mol. The van der Waals surface area contributed by atoms with Crippen LogP contribution in [0.15, 0.2) is 52.8 Å². The molecule has 27 heavy (non-hydrogen) atoms. The normalized spacial score (nSPS) is 11.8. The fraction of sp³-hybridized carbons (Fsp3) is 0.176. The van der Waals surface area contributed by atoms with E-state index in [0.717, 1.165) is 0 Å². The van der Waals surface area contributed by atoms with Gasteiger partial charge in [0.2, 0.25) is 9.84 Å². The molecule has 0 fully saturated rings. The molecule has 0 aromatic heterocycles. The molecule has 2 rings (SSSR count). The molecular formula is C17H18N2O6S2. The van der Waals surface area contributed by atoms with Crippen molar-refractivity contribution in [2.75, 3.05) is 10.6 Å².